The number of carbonyl (C=O) groups is 3. The summed E-state index contributed by atoms with van der Waals surface area (Å²) in [5.41, 5.74) is 0. The molecule has 0 aromatic rings. The third-order valence-electron chi connectivity index (χ3n) is 5.89. The molecule has 0 unspecified atom stereocenters. The lowest BCUT2D eigenvalue weighted by Crippen LogP contribution is -2.39. The summed E-state index contributed by atoms with van der Waals surface area (Å²) in [6.45, 7) is 13.7. The van der Waals surface area contributed by atoms with Gasteiger partial charge in [0.15, 0.2) is 0 Å². The van der Waals surface area contributed by atoms with Gasteiger partial charge >= 0.3 is 0 Å². The normalized spacial score (nSPS) is 18.5. The molecule has 0 aliphatic carbocycles. The van der Waals surface area contributed by atoms with Gasteiger partial charge in [-0.05, 0) is 59.8 Å². The van der Waals surface area contributed by atoms with E-state index in [0.717, 1.165) is 38.5 Å². The summed E-state index contributed by atoms with van der Waals surface area (Å²) in [6, 6.07) is 0.0822. The summed E-state index contributed by atoms with van der Waals surface area (Å²) in [5, 5.41) is 2.94. The minimum Gasteiger partial charge on any atom is -0.377 e. The Balaban J connectivity index is 2.21. The van der Waals surface area contributed by atoms with Crippen LogP contribution in [0.3, 0.4) is 0 Å². The van der Waals surface area contributed by atoms with Gasteiger partial charge in [0.1, 0.15) is 5.78 Å². The van der Waals surface area contributed by atoms with Gasteiger partial charge in [0.2, 0.25) is 11.8 Å². The molecule has 33 heavy (non-hydrogen) atoms. The SMILES string of the molecule is CC(C)OC[C@@H]1C[C@@H](OC(C)C)CN1C(=O)CCCCCNC(=O)CCCCC(=O)C(C)C. The zero-order valence-corrected chi connectivity index (χ0v) is 21.9. The summed E-state index contributed by atoms with van der Waals surface area (Å²) in [6.07, 6.45) is 6.85. The molecule has 2 atom stereocenters. The number of hydrogen-bond donors (Lipinski definition) is 1. The average Bonchev–Trinajstić information content (AvgIpc) is 3.13. The van der Waals surface area contributed by atoms with E-state index in [9.17, 15) is 14.4 Å². The van der Waals surface area contributed by atoms with E-state index in [2.05, 4.69) is 5.32 Å². The Morgan fingerprint density at radius 3 is 2.18 bits per heavy atom. The van der Waals surface area contributed by atoms with Gasteiger partial charge in [-0.3, -0.25) is 14.4 Å². The smallest absolute Gasteiger partial charge is 0.222 e. The Kier molecular flexibility index (Phi) is 14.5. The van der Waals surface area contributed by atoms with Crippen molar-refractivity contribution in [2.75, 3.05) is 19.7 Å². The van der Waals surface area contributed by atoms with Crippen LogP contribution in [0, 0.1) is 5.92 Å². The van der Waals surface area contributed by atoms with Crippen molar-refractivity contribution >= 4 is 17.6 Å². The first kappa shape index (κ1) is 29.6. The van der Waals surface area contributed by atoms with Gasteiger partial charge in [0, 0.05) is 38.3 Å². The van der Waals surface area contributed by atoms with E-state index in [0.29, 0.717) is 39.0 Å². The van der Waals surface area contributed by atoms with E-state index in [-0.39, 0.29) is 47.9 Å². The zero-order chi connectivity index (χ0) is 24.8. The fraction of sp³-hybridized carbons (Fsp3) is 0.885. The Morgan fingerprint density at radius 1 is 0.879 bits per heavy atom. The second-order valence-corrected chi connectivity index (χ2v) is 10.1. The fourth-order valence-corrected chi connectivity index (χ4v) is 4.04. The second kappa shape index (κ2) is 16.2. The molecule has 7 heteroatoms. The minimum atomic E-state index is 0.0457. The number of Topliss-reactive ketones (excluding diaryl/α,β-unsaturated/α-hetero) is 1. The maximum absolute atomic E-state index is 12.8. The summed E-state index contributed by atoms with van der Waals surface area (Å²) in [5.74, 6) is 0.553. The van der Waals surface area contributed by atoms with Gasteiger partial charge in [0.25, 0.3) is 0 Å². The van der Waals surface area contributed by atoms with Crippen LogP contribution in [0.25, 0.3) is 0 Å². The summed E-state index contributed by atoms with van der Waals surface area (Å²) < 4.78 is 11.7. The van der Waals surface area contributed by atoms with Crippen LogP contribution >= 0.6 is 0 Å². The van der Waals surface area contributed by atoms with Gasteiger partial charge in [0.05, 0.1) is 31.0 Å². The Hall–Kier alpha value is -1.47. The summed E-state index contributed by atoms with van der Waals surface area (Å²) in [4.78, 5) is 38.3. The first-order valence-electron chi connectivity index (χ1n) is 13.0. The third-order valence-corrected chi connectivity index (χ3v) is 5.89. The molecule has 0 spiro atoms. The van der Waals surface area contributed by atoms with Crippen LogP contribution in [0.1, 0.15) is 99.3 Å². The highest BCUT2D eigenvalue weighted by Gasteiger charge is 2.36. The number of unbranched alkanes of at least 4 members (excludes halogenated alkanes) is 3. The van der Waals surface area contributed by atoms with Crippen molar-refractivity contribution in [2.24, 2.45) is 5.92 Å². The molecule has 0 saturated carbocycles. The van der Waals surface area contributed by atoms with Crippen LogP contribution in [0.4, 0.5) is 0 Å². The molecule has 1 rings (SSSR count). The lowest BCUT2D eigenvalue weighted by Gasteiger charge is -2.25. The van der Waals surface area contributed by atoms with Gasteiger partial charge in [-0.1, -0.05) is 20.3 Å². The number of nitrogens with zero attached hydrogens (tertiary/aromatic N) is 1. The van der Waals surface area contributed by atoms with Crippen LogP contribution in [0.15, 0.2) is 0 Å². The van der Waals surface area contributed by atoms with E-state index in [1.165, 1.54) is 0 Å². The molecule has 7 nitrogen and oxygen atoms in total. The van der Waals surface area contributed by atoms with E-state index in [4.69, 9.17) is 9.47 Å². The Bertz CT molecular complexity index is 591. The lowest BCUT2D eigenvalue weighted by molar-refractivity contribution is -0.134. The molecule has 192 valence electrons. The summed E-state index contributed by atoms with van der Waals surface area (Å²) in [7, 11) is 0. The molecule has 1 N–H and O–H groups in total. The first-order valence-corrected chi connectivity index (χ1v) is 13.0. The van der Waals surface area contributed by atoms with Crippen molar-refractivity contribution in [1.82, 2.24) is 10.2 Å². The highest BCUT2D eigenvalue weighted by atomic mass is 16.5. The second-order valence-electron chi connectivity index (χ2n) is 10.1. The molecular formula is C26H48N2O5. The molecule has 1 fully saturated rings. The molecule has 0 radical (unpaired) electrons. The van der Waals surface area contributed by atoms with E-state index in [1.54, 1.807) is 0 Å². The molecule has 1 aliphatic heterocycles. The van der Waals surface area contributed by atoms with E-state index in [1.807, 2.05) is 46.4 Å². The quantitative estimate of drug-likeness (QED) is 0.322. The predicted molar refractivity (Wildman–Crippen MR) is 131 cm³/mol. The largest absolute Gasteiger partial charge is 0.377 e. The van der Waals surface area contributed by atoms with Crippen LogP contribution in [-0.2, 0) is 23.9 Å². The average molecular weight is 469 g/mol. The van der Waals surface area contributed by atoms with Gasteiger partial charge in [-0.25, -0.2) is 0 Å². The van der Waals surface area contributed by atoms with Crippen molar-refractivity contribution in [3.63, 3.8) is 0 Å². The Morgan fingerprint density at radius 2 is 1.55 bits per heavy atom. The van der Waals surface area contributed by atoms with Gasteiger partial charge in [-0.2, -0.15) is 0 Å². The number of hydrogen-bond acceptors (Lipinski definition) is 5. The number of carbonyl (C=O) groups excluding carboxylic acids is 3. The molecular weight excluding hydrogens is 420 g/mol. The van der Waals surface area contributed by atoms with Crippen LogP contribution in [0.2, 0.25) is 0 Å². The van der Waals surface area contributed by atoms with Gasteiger partial charge in [-0.15, -0.1) is 0 Å². The molecule has 1 aliphatic rings. The van der Waals surface area contributed by atoms with Crippen LogP contribution in [-0.4, -0.2) is 66.5 Å². The molecule has 1 heterocycles. The molecule has 0 aromatic carbocycles. The number of rotatable bonds is 17. The van der Waals surface area contributed by atoms with Crippen molar-refractivity contribution in [1.29, 1.82) is 0 Å². The van der Waals surface area contributed by atoms with E-state index >= 15 is 0 Å². The fourth-order valence-electron chi connectivity index (χ4n) is 4.04. The number of amides is 2. The van der Waals surface area contributed by atoms with Crippen LogP contribution < -0.4 is 5.32 Å². The van der Waals surface area contributed by atoms with Crippen molar-refractivity contribution in [3.8, 4) is 0 Å². The first-order chi connectivity index (χ1) is 15.6. The van der Waals surface area contributed by atoms with Crippen LogP contribution in [0.5, 0.6) is 0 Å². The number of likely N-dealkylation sites (tertiary alicyclic amines) is 1. The monoisotopic (exact) mass is 468 g/mol. The van der Waals surface area contributed by atoms with E-state index < -0.39 is 0 Å². The van der Waals surface area contributed by atoms with Crippen molar-refractivity contribution in [3.05, 3.63) is 0 Å². The molecule has 0 aromatic heterocycles. The predicted octanol–water partition coefficient (Wildman–Crippen LogP) is 4.27. The maximum Gasteiger partial charge on any atom is 0.222 e. The van der Waals surface area contributed by atoms with Crippen molar-refractivity contribution < 1.29 is 23.9 Å². The highest BCUT2D eigenvalue weighted by Crippen LogP contribution is 2.24. The standard InChI is InChI=1S/C26H48N2O5/c1-19(2)24(29)12-9-10-13-25(30)27-15-11-7-8-14-26(31)28-17-23(33-21(5)6)16-22(28)18-32-20(3)4/h19-23H,7-18H2,1-6H3,(H,27,30)/t22-,23+/m0/s1. The number of nitrogens with one attached hydrogen (secondary N) is 1. The molecule has 0 bridgehead atoms. The molecule has 2 amide bonds. The molecule has 1 saturated heterocycles. The lowest BCUT2D eigenvalue weighted by atomic mass is 10.0. The zero-order valence-electron chi connectivity index (χ0n) is 21.9. The van der Waals surface area contributed by atoms with Crippen molar-refractivity contribution in [2.45, 2.75) is 124 Å². The Labute approximate surface area is 201 Å². The summed E-state index contributed by atoms with van der Waals surface area (Å²) >= 11 is 0. The minimum absolute atomic E-state index is 0.0457. The number of ether oxygens (including phenoxy) is 2. The van der Waals surface area contributed by atoms with Gasteiger partial charge < -0.3 is 19.7 Å². The number of ketones is 1. The topological polar surface area (TPSA) is 84.9 Å². The highest BCUT2D eigenvalue weighted by molar-refractivity contribution is 5.80. The third kappa shape index (κ3) is 13.1. The maximum atomic E-state index is 12.8.